The van der Waals surface area contributed by atoms with Crippen molar-refractivity contribution >= 4 is 11.0 Å². The number of nitrogens with two attached hydrogens (primary N) is 1. The molecule has 1 aromatic carbocycles. The van der Waals surface area contributed by atoms with Gasteiger partial charge in [-0.1, -0.05) is 6.07 Å². The van der Waals surface area contributed by atoms with E-state index in [4.69, 9.17) is 5.73 Å². The molecule has 4 N–H and O–H groups in total. The summed E-state index contributed by atoms with van der Waals surface area (Å²) in [5, 5.41) is 0. The Hall–Kier alpha value is -2.14. The van der Waals surface area contributed by atoms with Crippen LogP contribution in [-0.2, 0) is 0 Å². The highest BCUT2D eigenvalue weighted by Crippen LogP contribution is 2.20. The van der Waals surface area contributed by atoms with Crippen LogP contribution in [0.1, 0.15) is 23.3 Å². The monoisotopic (exact) mass is 227 g/mol. The minimum absolute atomic E-state index is 0.238. The van der Waals surface area contributed by atoms with Crippen LogP contribution in [0.4, 0.5) is 0 Å². The van der Waals surface area contributed by atoms with Gasteiger partial charge in [0.2, 0.25) is 0 Å². The zero-order valence-corrected chi connectivity index (χ0v) is 9.44. The molecule has 0 amide bonds. The van der Waals surface area contributed by atoms with Gasteiger partial charge in [-0.05, 0) is 24.6 Å². The Morgan fingerprint density at radius 3 is 3.00 bits per heavy atom. The lowest BCUT2D eigenvalue weighted by Gasteiger charge is -2.08. The third-order valence-corrected chi connectivity index (χ3v) is 2.80. The Labute approximate surface area is 98.1 Å². The molecule has 3 aromatic rings. The van der Waals surface area contributed by atoms with Crippen LogP contribution in [0, 0.1) is 6.92 Å². The first-order chi connectivity index (χ1) is 8.24. The molecule has 2 heterocycles. The summed E-state index contributed by atoms with van der Waals surface area (Å²) < 4.78 is 0. The van der Waals surface area contributed by atoms with Crippen molar-refractivity contribution in [2.45, 2.75) is 13.0 Å². The zero-order valence-electron chi connectivity index (χ0n) is 9.44. The Morgan fingerprint density at radius 2 is 2.24 bits per heavy atom. The first-order valence-corrected chi connectivity index (χ1v) is 5.45. The van der Waals surface area contributed by atoms with E-state index in [1.165, 1.54) is 0 Å². The number of benzene rings is 1. The summed E-state index contributed by atoms with van der Waals surface area (Å²) in [7, 11) is 0. The zero-order chi connectivity index (χ0) is 11.8. The quantitative estimate of drug-likeness (QED) is 0.622. The molecule has 0 fully saturated rings. The molecule has 0 radical (unpaired) electrons. The maximum Gasteiger partial charge on any atom is 0.127 e. The minimum Gasteiger partial charge on any atom is -0.347 e. The fourth-order valence-electron chi connectivity index (χ4n) is 1.95. The van der Waals surface area contributed by atoms with Gasteiger partial charge in [-0.25, -0.2) is 9.97 Å². The average Bonchev–Trinajstić information content (AvgIpc) is 2.94. The largest absolute Gasteiger partial charge is 0.347 e. The Morgan fingerprint density at radius 1 is 1.35 bits per heavy atom. The van der Waals surface area contributed by atoms with Crippen LogP contribution in [0.2, 0.25) is 0 Å². The molecule has 17 heavy (non-hydrogen) atoms. The number of imidazole rings is 2. The molecule has 0 aliphatic carbocycles. The fraction of sp³-hybridized carbons (Fsp3) is 0.167. The predicted octanol–water partition coefficient (Wildman–Crippen LogP) is 1.64. The van der Waals surface area contributed by atoms with E-state index in [0.717, 1.165) is 28.2 Å². The SMILES string of the molecule is Cc1nc2ccc(C(N)c3ncc[nH]3)cc2[nH]1. The molecular weight excluding hydrogens is 214 g/mol. The van der Waals surface area contributed by atoms with E-state index in [9.17, 15) is 0 Å². The van der Waals surface area contributed by atoms with E-state index in [1.54, 1.807) is 12.4 Å². The van der Waals surface area contributed by atoms with Crippen LogP contribution in [-0.4, -0.2) is 19.9 Å². The lowest BCUT2D eigenvalue weighted by Crippen LogP contribution is -2.13. The van der Waals surface area contributed by atoms with E-state index < -0.39 is 0 Å². The molecule has 1 unspecified atom stereocenters. The Kier molecular flexibility index (Phi) is 2.19. The average molecular weight is 227 g/mol. The van der Waals surface area contributed by atoms with E-state index in [2.05, 4.69) is 19.9 Å². The number of hydrogen-bond donors (Lipinski definition) is 3. The van der Waals surface area contributed by atoms with Gasteiger partial charge in [0.15, 0.2) is 0 Å². The van der Waals surface area contributed by atoms with Gasteiger partial charge in [-0.3, -0.25) is 0 Å². The molecule has 5 heteroatoms. The standard InChI is InChI=1S/C12H13N5/c1-7-16-9-3-2-8(6-10(9)17-7)11(13)12-14-4-5-15-12/h2-6,11H,13H2,1H3,(H,14,15)(H,16,17). The van der Waals surface area contributed by atoms with Crippen molar-refractivity contribution in [2.24, 2.45) is 5.73 Å². The van der Waals surface area contributed by atoms with Gasteiger partial charge >= 0.3 is 0 Å². The van der Waals surface area contributed by atoms with Crippen molar-refractivity contribution in [3.8, 4) is 0 Å². The number of rotatable bonds is 2. The van der Waals surface area contributed by atoms with Gasteiger partial charge in [-0.15, -0.1) is 0 Å². The summed E-state index contributed by atoms with van der Waals surface area (Å²) in [6, 6.07) is 5.73. The van der Waals surface area contributed by atoms with Gasteiger partial charge in [0.05, 0.1) is 17.1 Å². The summed E-state index contributed by atoms with van der Waals surface area (Å²) in [4.78, 5) is 14.8. The van der Waals surface area contributed by atoms with Crippen molar-refractivity contribution in [3.05, 3.63) is 47.8 Å². The van der Waals surface area contributed by atoms with Crippen molar-refractivity contribution in [2.75, 3.05) is 0 Å². The van der Waals surface area contributed by atoms with E-state index in [0.29, 0.717) is 0 Å². The summed E-state index contributed by atoms with van der Waals surface area (Å²) in [6.45, 7) is 1.94. The van der Waals surface area contributed by atoms with Gasteiger partial charge in [0.1, 0.15) is 11.6 Å². The highest BCUT2D eigenvalue weighted by molar-refractivity contribution is 5.76. The van der Waals surface area contributed by atoms with Gasteiger partial charge in [-0.2, -0.15) is 0 Å². The van der Waals surface area contributed by atoms with Crippen LogP contribution in [0.15, 0.2) is 30.6 Å². The van der Waals surface area contributed by atoms with Gasteiger partial charge in [0, 0.05) is 12.4 Å². The number of aryl methyl sites for hydroxylation is 1. The first kappa shape index (κ1) is 10.0. The molecule has 0 aliphatic heterocycles. The van der Waals surface area contributed by atoms with Crippen molar-refractivity contribution in [3.63, 3.8) is 0 Å². The third-order valence-electron chi connectivity index (χ3n) is 2.80. The normalized spacial score (nSPS) is 13.1. The van der Waals surface area contributed by atoms with Crippen LogP contribution in [0.25, 0.3) is 11.0 Å². The number of nitrogens with one attached hydrogen (secondary N) is 2. The maximum atomic E-state index is 6.13. The van der Waals surface area contributed by atoms with E-state index >= 15 is 0 Å². The second-order valence-electron chi connectivity index (χ2n) is 4.05. The second kappa shape index (κ2) is 3.71. The van der Waals surface area contributed by atoms with Gasteiger partial charge in [0.25, 0.3) is 0 Å². The number of H-pyrrole nitrogens is 2. The molecule has 0 bridgehead atoms. The maximum absolute atomic E-state index is 6.13. The smallest absolute Gasteiger partial charge is 0.127 e. The number of aromatic amines is 2. The predicted molar refractivity (Wildman–Crippen MR) is 65.4 cm³/mol. The van der Waals surface area contributed by atoms with Crippen molar-refractivity contribution < 1.29 is 0 Å². The van der Waals surface area contributed by atoms with Crippen LogP contribution in [0.3, 0.4) is 0 Å². The molecule has 1 atom stereocenters. The molecule has 0 saturated carbocycles. The number of hydrogen-bond acceptors (Lipinski definition) is 3. The van der Waals surface area contributed by atoms with Crippen LogP contribution in [0.5, 0.6) is 0 Å². The Balaban J connectivity index is 2.05. The van der Waals surface area contributed by atoms with Crippen LogP contribution >= 0.6 is 0 Å². The van der Waals surface area contributed by atoms with Crippen molar-refractivity contribution in [1.82, 2.24) is 19.9 Å². The molecular formula is C12H13N5. The molecule has 0 aliphatic rings. The lowest BCUT2D eigenvalue weighted by molar-refractivity contribution is 0.802. The highest BCUT2D eigenvalue weighted by atomic mass is 14.9. The fourth-order valence-corrected chi connectivity index (χ4v) is 1.95. The Bertz CT molecular complexity index is 638. The van der Waals surface area contributed by atoms with Crippen molar-refractivity contribution in [1.29, 1.82) is 0 Å². The van der Waals surface area contributed by atoms with Gasteiger partial charge < -0.3 is 15.7 Å². The summed E-state index contributed by atoms with van der Waals surface area (Å²) in [5.41, 5.74) is 9.10. The summed E-state index contributed by atoms with van der Waals surface area (Å²) >= 11 is 0. The molecule has 0 saturated heterocycles. The second-order valence-corrected chi connectivity index (χ2v) is 4.05. The first-order valence-electron chi connectivity index (χ1n) is 5.45. The minimum atomic E-state index is -0.238. The highest BCUT2D eigenvalue weighted by Gasteiger charge is 2.12. The molecule has 5 nitrogen and oxygen atoms in total. The molecule has 86 valence electrons. The number of fused-ring (bicyclic) bond motifs is 1. The van der Waals surface area contributed by atoms with E-state index in [1.807, 2.05) is 25.1 Å². The number of aromatic nitrogens is 4. The number of nitrogens with zero attached hydrogens (tertiary/aromatic N) is 2. The topological polar surface area (TPSA) is 83.4 Å². The molecule has 2 aromatic heterocycles. The summed E-state index contributed by atoms with van der Waals surface area (Å²) in [6.07, 6.45) is 3.47. The third kappa shape index (κ3) is 1.70. The molecule has 3 rings (SSSR count). The molecule has 0 spiro atoms. The lowest BCUT2D eigenvalue weighted by atomic mass is 10.1. The van der Waals surface area contributed by atoms with Crippen LogP contribution < -0.4 is 5.73 Å². The van der Waals surface area contributed by atoms with E-state index in [-0.39, 0.29) is 6.04 Å². The summed E-state index contributed by atoms with van der Waals surface area (Å²) in [5.74, 6) is 1.67.